The van der Waals surface area contributed by atoms with E-state index in [0.717, 1.165) is 12.8 Å². The number of ketones is 1. The van der Waals surface area contributed by atoms with Crippen molar-refractivity contribution in [2.24, 2.45) is 11.7 Å². The fourth-order valence-corrected chi connectivity index (χ4v) is 5.33. The normalized spacial score (nSPS) is 18.1. The van der Waals surface area contributed by atoms with E-state index in [1.54, 1.807) is 37.3 Å². The van der Waals surface area contributed by atoms with Crippen molar-refractivity contribution < 1.29 is 24.6 Å². The number of nitrogens with zero attached hydrogens (tertiary/aromatic N) is 1. The summed E-state index contributed by atoms with van der Waals surface area (Å²) in [4.78, 5) is 41.2. The number of rotatable bonds is 10. The molecule has 1 unspecified atom stereocenters. The number of carbonyl (C=O) groups is 3. The van der Waals surface area contributed by atoms with Crippen molar-refractivity contribution in [2.45, 2.75) is 44.9 Å². The van der Waals surface area contributed by atoms with Crippen LogP contribution in [0.25, 0.3) is 0 Å². The summed E-state index contributed by atoms with van der Waals surface area (Å²) in [6.07, 6.45) is -0.0194. The van der Waals surface area contributed by atoms with Crippen LogP contribution in [0.2, 0.25) is 0 Å². The minimum absolute atomic E-state index is 0.0662. The molecule has 0 spiro atoms. The van der Waals surface area contributed by atoms with Crippen LogP contribution < -0.4 is 11.1 Å². The first-order valence-electron chi connectivity index (χ1n) is 11.7. The maximum absolute atomic E-state index is 13.7. The van der Waals surface area contributed by atoms with Crippen LogP contribution in [0.3, 0.4) is 0 Å². The average molecular weight is 500 g/mol. The lowest BCUT2D eigenvalue weighted by atomic mass is 9.81. The molecule has 0 saturated carbocycles. The molecule has 4 atom stereocenters. The second kappa shape index (κ2) is 12.2. The number of hydrogen-bond acceptors (Lipinski definition) is 7. The van der Waals surface area contributed by atoms with Gasteiger partial charge in [-0.05, 0) is 25.0 Å². The summed E-state index contributed by atoms with van der Waals surface area (Å²) in [6.45, 7) is 4.12. The third kappa shape index (κ3) is 6.04. The molecule has 9 heteroatoms. The average Bonchev–Trinajstić information content (AvgIpc) is 3.36. The monoisotopic (exact) mass is 499 g/mol. The van der Waals surface area contributed by atoms with Gasteiger partial charge in [-0.15, -0.1) is 11.8 Å². The van der Waals surface area contributed by atoms with Crippen molar-refractivity contribution >= 4 is 29.4 Å². The Labute approximate surface area is 209 Å². The van der Waals surface area contributed by atoms with E-state index in [9.17, 15) is 24.6 Å². The van der Waals surface area contributed by atoms with Crippen molar-refractivity contribution in [1.82, 2.24) is 10.2 Å². The number of nitrogens with one attached hydrogen (secondary N) is 1. The quantitative estimate of drug-likeness (QED) is 0.291. The Kier molecular flexibility index (Phi) is 9.31. The molecule has 1 fully saturated rings. The van der Waals surface area contributed by atoms with Crippen LogP contribution in [0.5, 0.6) is 5.75 Å². The summed E-state index contributed by atoms with van der Waals surface area (Å²) in [7, 11) is 0. The number of carbonyl (C=O) groups excluding carboxylic acids is 3. The number of aliphatic hydroxyl groups is 1. The molecule has 1 aliphatic rings. The zero-order chi connectivity index (χ0) is 25.5. The number of aliphatic hydroxyl groups excluding tert-OH is 1. The molecule has 8 nitrogen and oxygen atoms in total. The number of unbranched alkanes of at least 4 members (excludes halogenated alkanes) is 1. The Morgan fingerprint density at radius 3 is 2.57 bits per heavy atom. The summed E-state index contributed by atoms with van der Waals surface area (Å²) in [5.74, 6) is -2.29. The summed E-state index contributed by atoms with van der Waals surface area (Å²) in [5.41, 5.74) is 7.58. The Morgan fingerprint density at radius 2 is 1.89 bits per heavy atom. The van der Waals surface area contributed by atoms with Crippen LogP contribution >= 0.6 is 11.8 Å². The molecule has 1 aliphatic heterocycles. The smallest absolute Gasteiger partial charge is 0.253 e. The molecule has 0 radical (unpaired) electrons. The maximum atomic E-state index is 13.7. The van der Waals surface area contributed by atoms with E-state index in [1.807, 2.05) is 6.92 Å². The first kappa shape index (κ1) is 26.7. The molecular formula is C26H33N3O5S. The predicted molar refractivity (Wildman–Crippen MR) is 136 cm³/mol. The third-order valence-corrected chi connectivity index (χ3v) is 7.35. The van der Waals surface area contributed by atoms with Gasteiger partial charge in [-0.1, -0.05) is 55.8 Å². The van der Waals surface area contributed by atoms with Gasteiger partial charge in [0.25, 0.3) is 5.91 Å². The van der Waals surface area contributed by atoms with Gasteiger partial charge in [0.05, 0.1) is 11.8 Å². The van der Waals surface area contributed by atoms with Crippen molar-refractivity contribution in [3.05, 3.63) is 65.2 Å². The van der Waals surface area contributed by atoms with Crippen molar-refractivity contribution in [3.63, 3.8) is 0 Å². The summed E-state index contributed by atoms with van der Waals surface area (Å²) >= 11 is 1.41. The summed E-state index contributed by atoms with van der Waals surface area (Å²) in [6, 6.07) is 11.6. The van der Waals surface area contributed by atoms with Gasteiger partial charge in [0.2, 0.25) is 5.91 Å². The first-order valence-corrected chi connectivity index (χ1v) is 12.9. The highest BCUT2D eigenvalue weighted by molar-refractivity contribution is 7.99. The molecule has 1 saturated heterocycles. The highest BCUT2D eigenvalue weighted by Gasteiger charge is 2.44. The van der Waals surface area contributed by atoms with Crippen molar-refractivity contribution in [3.8, 4) is 5.75 Å². The molecule has 188 valence electrons. The Bertz CT molecular complexity index is 1050. The zero-order valence-corrected chi connectivity index (χ0v) is 20.8. The number of Topliss-reactive ketones (excluding diaryl/α,β-unsaturated/α-hetero) is 1. The van der Waals surface area contributed by atoms with E-state index in [0.29, 0.717) is 23.4 Å². The standard InChI is InChI=1S/C26H33N3O5S/c1-3-4-13-28-25(33)19-14-35-15-29(19)26(34)24(32)21(22(27)17-9-6-5-7-10-17)23(31)18-11-8-12-20(30)16(18)2/h5-12,19,21-22,24,30,32H,3-4,13-15,27H2,1-2H3,(H,28,33)/t19-,21+,22?,24-/m0/s1. The fourth-order valence-electron chi connectivity index (χ4n) is 4.16. The largest absolute Gasteiger partial charge is 0.508 e. The number of hydrogen-bond donors (Lipinski definition) is 4. The van der Waals surface area contributed by atoms with Gasteiger partial charge in [-0.3, -0.25) is 14.4 Å². The van der Waals surface area contributed by atoms with Gasteiger partial charge >= 0.3 is 0 Å². The molecule has 0 aromatic heterocycles. The van der Waals surface area contributed by atoms with Gasteiger partial charge in [-0.25, -0.2) is 0 Å². The first-order chi connectivity index (χ1) is 16.8. The Morgan fingerprint density at radius 1 is 1.17 bits per heavy atom. The Hall–Kier alpha value is -2.88. The second-order valence-corrected chi connectivity index (χ2v) is 9.69. The number of aromatic hydroxyl groups is 1. The molecule has 2 amide bonds. The van der Waals surface area contributed by atoms with E-state index in [1.165, 1.54) is 34.9 Å². The van der Waals surface area contributed by atoms with Crippen molar-refractivity contribution in [2.75, 3.05) is 18.2 Å². The van der Waals surface area contributed by atoms with Crippen LogP contribution in [-0.2, 0) is 9.59 Å². The van der Waals surface area contributed by atoms with Crippen LogP contribution in [0.4, 0.5) is 0 Å². The molecule has 1 heterocycles. The molecule has 2 aromatic rings. The lowest BCUT2D eigenvalue weighted by Crippen LogP contribution is -2.53. The fraction of sp³-hybridized carbons (Fsp3) is 0.423. The minimum Gasteiger partial charge on any atom is -0.508 e. The lowest BCUT2D eigenvalue weighted by Gasteiger charge is -2.31. The maximum Gasteiger partial charge on any atom is 0.253 e. The number of phenols is 1. The molecule has 35 heavy (non-hydrogen) atoms. The topological polar surface area (TPSA) is 133 Å². The molecule has 0 aliphatic carbocycles. The zero-order valence-electron chi connectivity index (χ0n) is 20.0. The molecule has 2 aromatic carbocycles. The highest BCUT2D eigenvalue weighted by Crippen LogP contribution is 2.32. The molecule has 0 bridgehead atoms. The number of nitrogens with two attached hydrogens (primary N) is 1. The number of thioether (sulfide) groups is 1. The third-order valence-electron chi connectivity index (χ3n) is 6.34. The number of benzene rings is 2. The lowest BCUT2D eigenvalue weighted by molar-refractivity contribution is -0.146. The van der Waals surface area contributed by atoms with Crippen LogP contribution in [-0.4, -0.2) is 63.0 Å². The van der Waals surface area contributed by atoms with Crippen molar-refractivity contribution in [1.29, 1.82) is 0 Å². The summed E-state index contributed by atoms with van der Waals surface area (Å²) < 4.78 is 0. The van der Waals surface area contributed by atoms with Gasteiger partial charge in [0.1, 0.15) is 17.9 Å². The van der Waals surface area contributed by atoms with Crippen LogP contribution in [0.15, 0.2) is 48.5 Å². The van der Waals surface area contributed by atoms with Gasteiger partial charge in [0.15, 0.2) is 5.78 Å². The van der Waals surface area contributed by atoms with E-state index < -0.39 is 35.8 Å². The van der Waals surface area contributed by atoms with Gasteiger partial charge in [-0.2, -0.15) is 0 Å². The summed E-state index contributed by atoms with van der Waals surface area (Å²) in [5, 5.41) is 24.2. The number of phenolic OH excluding ortho intramolecular Hbond substituents is 1. The van der Waals surface area contributed by atoms with Gasteiger partial charge < -0.3 is 26.2 Å². The molecular weight excluding hydrogens is 466 g/mol. The van der Waals surface area contributed by atoms with Crippen LogP contribution in [0, 0.1) is 12.8 Å². The highest BCUT2D eigenvalue weighted by atomic mass is 32.2. The number of amides is 2. The predicted octanol–water partition coefficient (Wildman–Crippen LogP) is 2.38. The van der Waals surface area contributed by atoms with Crippen LogP contribution in [0.1, 0.15) is 47.3 Å². The van der Waals surface area contributed by atoms with E-state index in [4.69, 9.17) is 5.73 Å². The molecule has 3 rings (SSSR count). The SMILES string of the molecule is CCCCNC(=O)[C@@H]1CSCN1C(=O)[C@@H](O)[C@@H](C(=O)c1cccc(O)c1C)C(N)c1ccccc1. The van der Waals surface area contributed by atoms with Gasteiger partial charge in [0, 0.05) is 29.5 Å². The van der Waals surface area contributed by atoms with E-state index >= 15 is 0 Å². The Balaban J connectivity index is 1.92. The minimum atomic E-state index is -1.77. The second-order valence-electron chi connectivity index (χ2n) is 8.69. The van der Waals surface area contributed by atoms with E-state index in [2.05, 4.69) is 5.32 Å². The molecule has 5 N–H and O–H groups in total. The van der Waals surface area contributed by atoms with E-state index in [-0.39, 0.29) is 23.1 Å².